The molecule has 0 aliphatic heterocycles. The summed E-state index contributed by atoms with van der Waals surface area (Å²) in [6.07, 6.45) is 0.685. The van der Waals surface area contributed by atoms with E-state index in [-0.39, 0.29) is 6.54 Å². The maximum absolute atomic E-state index is 11.7. The minimum Gasteiger partial charge on any atom is -0.348 e. The first-order valence-corrected chi connectivity index (χ1v) is 7.38. The average molecular weight is 317 g/mol. The molecule has 0 atom stereocenters. The highest BCUT2D eigenvalue weighted by molar-refractivity contribution is 6.35. The summed E-state index contributed by atoms with van der Waals surface area (Å²) in [5.41, 5.74) is 1.88. The van der Waals surface area contributed by atoms with Gasteiger partial charge in [0.1, 0.15) is 0 Å². The van der Waals surface area contributed by atoms with Crippen molar-refractivity contribution in [2.45, 2.75) is 13.0 Å². The van der Waals surface area contributed by atoms with Crippen LogP contribution in [0.5, 0.6) is 0 Å². The summed E-state index contributed by atoms with van der Waals surface area (Å²) in [6, 6.07) is 16.9. The number of benzene rings is 2. The third kappa shape index (κ3) is 4.90. The lowest BCUT2D eigenvalue weighted by atomic mass is 10.1. The van der Waals surface area contributed by atoms with Crippen LogP contribution in [0.2, 0.25) is 5.02 Å². The Morgan fingerprint density at radius 2 is 1.50 bits per heavy atom. The summed E-state index contributed by atoms with van der Waals surface area (Å²) in [4.78, 5) is 23.4. The van der Waals surface area contributed by atoms with E-state index in [0.717, 1.165) is 11.1 Å². The first-order valence-electron chi connectivity index (χ1n) is 7.00. The van der Waals surface area contributed by atoms with Crippen LogP contribution in [0.1, 0.15) is 11.1 Å². The number of amides is 2. The summed E-state index contributed by atoms with van der Waals surface area (Å²) in [7, 11) is 0. The van der Waals surface area contributed by atoms with Crippen LogP contribution in [0.15, 0.2) is 54.6 Å². The van der Waals surface area contributed by atoms with E-state index in [1.54, 1.807) is 12.1 Å². The lowest BCUT2D eigenvalue weighted by molar-refractivity contribution is -0.139. The van der Waals surface area contributed by atoms with Gasteiger partial charge in [0.05, 0.1) is 0 Å². The van der Waals surface area contributed by atoms with Crippen LogP contribution in [0, 0.1) is 0 Å². The number of hydrogen-bond acceptors (Lipinski definition) is 2. The van der Waals surface area contributed by atoms with Gasteiger partial charge in [0.15, 0.2) is 0 Å². The predicted octanol–water partition coefficient (Wildman–Crippen LogP) is 2.32. The summed E-state index contributed by atoms with van der Waals surface area (Å²) in [5.74, 6) is -1.30. The van der Waals surface area contributed by atoms with E-state index in [2.05, 4.69) is 10.6 Å². The lowest BCUT2D eigenvalue weighted by Gasteiger charge is -2.07. The first-order chi connectivity index (χ1) is 10.7. The highest BCUT2D eigenvalue weighted by Gasteiger charge is 2.12. The SMILES string of the molecule is O=C(NCCc1ccccc1)C(=O)NCc1ccccc1Cl. The highest BCUT2D eigenvalue weighted by atomic mass is 35.5. The van der Waals surface area contributed by atoms with Crippen molar-refractivity contribution >= 4 is 23.4 Å². The Morgan fingerprint density at radius 3 is 2.23 bits per heavy atom. The number of carbonyl (C=O) groups is 2. The second kappa shape index (κ2) is 8.20. The Kier molecular flexibility index (Phi) is 5.98. The highest BCUT2D eigenvalue weighted by Crippen LogP contribution is 2.14. The van der Waals surface area contributed by atoms with Crippen molar-refractivity contribution in [3.63, 3.8) is 0 Å². The molecular formula is C17H17ClN2O2. The summed E-state index contributed by atoms with van der Waals surface area (Å²) < 4.78 is 0. The molecule has 0 radical (unpaired) electrons. The summed E-state index contributed by atoms with van der Waals surface area (Å²) in [5, 5.41) is 5.71. The van der Waals surface area contributed by atoms with E-state index in [1.165, 1.54) is 0 Å². The van der Waals surface area contributed by atoms with Crippen LogP contribution in [0.4, 0.5) is 0 Å². The molecule has 0 aromatic heterocycles. The smallest absolute Gasteiger partial charge is 0.309 e. The molecule has 2 aromatic carbocycles. The fraction of sp³-hybridized carbons (Fsp3) is 0.176. The Balaban J connectivity index is 1.73. The third-order valence-electron chi connectivity index (χ3n) is 3.15. The molecule has 0 saturated heterocycles. The standard InChI is InChI=1S/C17H17ClN2O2/c18-15-9-5-4-8-14(15)12-20-17(22)16(21)19-11-10-13-6-2-1-3-7-13/h1-9H,10-12H2,(H,19,21)(H,20,22). The molecule has 114 valence electrons. The van der Waals surface area contributed by atoms with Gasteiger partial charge in [0.2, 0.25) is 0 Å². The molecule has 0 aliphatic carbocycles. The van der Waals surface area contributed by atoms with Crippen molar-refractivity contribution in [2.75, 3.05) is 6.54 Å². The Hall–Kier alpha value is -2.33. The van der Waals surface area contributed by atoms with Gasteiger partial charge in [-0.15, -0.1) is 0 Å². The monoisotopic (exact) mass is 316 g/mol. The predicted molar refractivity (Wildman–Crippen MR) is 86.5 cm³/mol. The zero-order chi connectivity index (χ0) is 15.8. The average Bonchev–Trinajstić information content (AvgIpc) is 2.54. The lowest BCUT2D eigenvalue weighted by Crippen LogP contribution is -2.40. The molecule has 5 heteroatoms. The van der Waals surface area contributed by atoms with Crippen LogP contribution in [0.25, 0.3) is 0 Å². The van der Waals surface area contributed by atoms with E-state index in [4.69, 9.17) is 11.6 Å². The van der Waals surface area contributed by atoms with Crippen LogP contribution in [-0.4, -0.2) is 18.4 Å². The summed E-state index contributed by atoms with van der Waals surface area (Å²) in [6.45, 7) is 0.646. The largest absolute Gasteiger partial charge is 0.348 e. The molecular weight excluding hydrogens is 300 g/mol. The molecule has 22 heavy (non-hydrogen) atoms. The topological polar surface area (TPSA) is 58.2 Å². The van der Waals surface area contributed by atoms with Crippen molar-refractivity contribution in [3.8, 4) is 0 Å². The number of hydrogen-bond donors (Lipinski definition) is 2. The maximum atomic E-state index is 11.7. The number of nitrogens with one attached hydrogen (secondary N) is 2. The van der Waals surface area contributed by atoms with Crippen molar-refractivity contribution in [3.05, 3.63) is 70.7 Å². The maximum Gasteiger partial charge on any atom is 0.309 e. The van der Waals surface area contributed by atoms with Crippen LogP contribution < -0.4 is 10.6 Å². The Labute approximate surface area is 134 Å². The van der Waals surface area contributed by atoms with Crippen molar-refractivity contribution in [1.82, 2.24) is 10.6 Å². The van der Waals surface area contributed by atoms with Crippen molar-refractivity contribution in [2.24, 2.45) is 0 Å². The van der Waals surface area contributed by atoms with Gasteiger partial charge in [-0.1, -0.05) is 60.1 Å². The van der Waals surface area contributed by atoms with Gasteiger partial charge in [-0.2, -0.15) is 0 Å². The quantitative estimate of drug-likeness (QED) is 0.832. The molecule has 4 nitrogen and oxygen atoms in total. The minimum atomic E-state index is -0.659. The van der Waals surface area contributed by atoms with E-state index < -0.39 is 11.8 Å². The Bertz CT molecular complexity index is 644. The van der Waals surface area contributed by atoms with Crippen LogP contribution >= 0.6 is 11.6 Å². The molecule has 0 saturated carbocycles. The zero-order valence-corrected chi connectivity index (χ0v) is 12.8. The van der Waals surface area contributed by atoms with Gasteiger partial charge in [-0.25, -0.2) is 0 Å². The number of rotatable bonds is 5. The second-order valence-corrected chi connectivity index (χ2v) is 5.17. The Morgan fingerprint density at radius 1 is 0.864 bits per heavy atom. The summed E-state index contributed by atoms with van der Waals surface area (Å²) >= 11 is 5.99. The fourth-order valence-electron chi connectivity index (χ4n) is 1.94. The fourth-order valence-corrected chi connectivity index (χ4v) is 2.15. The second-order valence-electron chi connectivity index (χ2n) is 4.77. The van der Waals surface area contributed by atoms with Crippen LogP contribution in [-0.2, 0) is 22.6 Å². The van der Waals surface area contributed by atoms with Gasteiger partial charge in [0, 0.05) is 18.1 Å². The van der Waals surface area contributed by atoms with Gasteiger partial charge < -0.3 is 10.6 Å². The normalized spacial score (nSPS) is 10.0. The molecule has 0 bridgehead atoms. The van der Waals surface area contributed by atoms with Gasteiger partial charge in [0.25, 0.3) is 0 Å². The van der Waals surface area contributed by atoms with Gasteiger partial charge in [-0.3, -0.25) is 9.59 Å². The van der Waals surface area contributed by atoms with E-state index >= 15 is 0 Å². The molecule has 0 unspecified atom stereocenters. The van der Waals surface area contributed by atoms with Crippen LogP contribution in [0.3, 0.4) is 0 Å². The van der Waals surface area contributed by atoms with E-state index in [1.807, 2.05) is 42.5 Å². The van der Waals surface area contributed by atoms with Crippen molar-refractivity contribution in [1.29, 1.82) is 0 Å². The molecule has 2 aromatic rings. The van der Waals surface area contributed by atoms with Gasteiger partial charge >= 0.3 is 11.8 Å². The van der Waals surface area contributed by atoms with E-state index in [0.29, 0.717) is 18.0 Å². The molecule has 2 amide bonds. The molecule has 0 spiro atoms. The number of halogens is 1. The number of carbonyl (C=O) groups excluding carboxylic acids is 2. The minimum absolute atomic E-state index is 0.227. The molecule has 2 N–H and O–H groups in total. The molecule has 0 fully saturated rings. The molecule has 2 rings (SSSR count). The first kappa shape index (κ1) is 16.0. The van der Waals surface area contributed by atoms with E-state index in [9.17, 15) is 9.59 Å². The third-order valence-corrected chi connectivity index (χ3v) is 3.51. The molecule has 0 heterocycles. The van der Waals surface area contributed by atoms with Crippen molar-refractivity contribution < 1.29 is 9.59 Å². The molecule has 0 aliphatic rings. The van der Waals surface area contributed by atoms with Gasteiger partial charge in [-0.05, 0) is 23.6 Å². The zero-order valence-electron chi connectivity index (χ0n) is 12.0.